The molecule has 0 saturated heterocycles. The Morgan fingerprint density at radius 3 is 2.35 bits per heavy atom. The minimum absolute atomic E-state index is 0.0338. The third-order valence-corrected chi connectivity index (χ3v) is 5.41. The first kappa shape index (κ1) is 20.5. The molecular weight excluding hydrogens is 388 g/mol. The molecule has 2 N–H and O–H groups in total. The lowest BCUT2D eigenvalue weighted by Gasteiger charge is -2.30. The Kier molecular flexibility index (Phi) is 5.42. The molecule has 158 valence electrons. The lowest BCUT2D eigenvalue weighted by Crippen LogP contribution is -2.29. The summed E-state index contributed by atoms with van der Waals surface area (Å²) < 4.78 is 1.84. The number of rotatable bonds is 6. The van der Waals surface area contributed by atoms with Gasteiger partial charge in [-0.1, -0.05) is 30.3 Å². The zero-order valence-electron chi connectivity index (χ0n) is 18.2. The number of carbonyl (C=O) groups is 1. The number of carbonyl (C=O) groups excluding carboxylic acids is 1. The van der Waals surface area contributed by atoms with Gasteiger partial charge in [0, 0.05) is 35.8 Å². The van der Waals surface area contributed by atoms with E-state index >= 15 is 0 Å². The Bertz CT molecular complexity index is 1230. The van der Waals surface area contributed by atoms with E-state index in [-0.39, 0.29) is 11.7 Å². The number of pyridine rings is 1. The van der Waals surface area contributed by atoms with Gasteiger partial charge in [0.05, 0.1) is 11.7 Å². The van der Waals surface area contributed by atoms with Gasteiger partial charge in [-0.2, -0.15) is 0 Å². The van der Waals surface area contributed by atoms with Crippen molar-refractivity contribution < 1.29 is 4.79 Å². The van der Waals surface area contributed by atoms with Gasteiger partial charge in [0.1, 0.15) is 11.3 Å². The van der Waals surface area contributed by atoms with Crippen LogP contribution in [-0.4, -0.2) is 31.8 Å². The molecular formula is C24H26N6O. The van der Waals surface area contributed by atoms with Crippen molar-refractivity contribution in [2.45, 2.75) is 33.7 Å². The Morgan fingerprint density at radius 1 is 1.06 bits per heavy atom. The quantitative estimate of drug-likeness (QED) is 0.513. The molecule has 1 aromatic carbocycles. The van der Waals surface area contributed by atoms with Gasteiger partial charge >= 0.3 is 0 Å². The Morgan fingerprint density at radius 2 is 1.74 bits per heavy atom. The number of hydrogen-bond donors (Lipinski definition) is 1. The highest BCUT2D eigenvalue weighted by Crippen LogP contribution is 2.30. The standard InChI is InChI=1S/C24H26N6O/c1-5-29(17(4)19-11-15(2)26-16(3)12-19)24-28-20(18-9-7-6-8-10-18)13-22-27-21(23(25)31)14-30(22)24/h6-14,17H,5H2,1-4H3,(H2,25,31). The molecule has 3 heterocycles. The fraction of sp³-hybridized carbons (Fsp3) is 0.250. The van der Waals surface area contributed by atoms with Gasteiger partial charge in [-0.05, 0) is 45.4 Å². The van der Waals surface area contributed by atoms with Gasteiger partial charge in [-0.25, -0.2) is 9.97 Å². The highest BCUT2D eigenvalue weighted by Gasteiger charge is 2.22. The normalized spacial score (nSPS) is 12.1. The molecule has 0 saturated carbocycles. The molecule has 1 unspecified atom stereocenters. The van der Waals surface area contributed by atoms with Gasteiger partial charge < -0.3 is 10.6 Å². The topological polar surface area (TPSA) is 89.4 Å². The van der Waals surface area contributed by atoms with Crippen molar-refractivity contribution in [1.29, 1.82) is 0 Å². The first-order valence-corrected chi connectivity index (χ1v) is 10.3. The Hall–Kier alpha value is -3.74. The third kappa shape index (κ3) is 3.99. The number of aryl methyl sites for hydroxylation is 2. The number of benzene rings is 1. The van der Waals surface area contributed by atoms with E-state index in [0.29, 0.717) is 18.1 Å². The van der Waals surface area contributed by atoms with Crippen molar-refractivity contribution in [2.24, 2.45) is 5.73 Å². The SMILES string of the molecule is CCN(c1nc(-c2ccccc2)cc2nc(C(N)=O)cn12)C(C)c1cc(C)nc(C)c1. The molecule has 0 aliphatic carbocycles. The lowest BCUT2D eigenvalue weighted by atomic mass is 10.1. The minimum Gasteiger partial charge on any atom is -0.364 e. The molecule has 0 bridgehead atoms. The van der Waals surface area contributed by atoms with E-state index in [1.807, 2.05) is 54.6 Å². The van der Waals surface area contributed by atoms with Crippen molar-refractivity contribution in [3.05, 3.63) is 77.4 Å². The summed E-state index contributed by atoms with van der Waals surface area (Å²) in [5.41, 5.74) is 11.2. The van der Waals surface area contributed by atoms with Crippen molar-refractivity contribution in [3.63, 3.8) is 0 Å². The highest BCUT2D eigenvalue weighted by molar-refractivity contribution is 5.91. The van der Waals surface area contributed by atoms with Crippen molar-refractivity contribution in [2.75, 3.05) is 11.4 Å². The second kappa shape index (κ2) is 8.18. The molecule has 7 heteroatoms. The van der Waals surface area contributed by atoms with E-state index in [1.165, 1.54) is 0 Å². The largest absolute Gasteiger partial charge is 0.364 e. The molecule has 1 amide bonds. The fourth-order valence-corrected chi connectivity index (χ4v) is 3.93. The van der Waals surface area contributed by atoms with Crippen LogP contribution in [0.5, 0.6) is 0 Å². The average Bonchev–Trinajstić information content (AvgIpc) is 3.19. The van der Waals surface area contributed by atoms with E-state index < -0.39 is 5.91 Å². The van der Waals surface area contributed by atoms with Crippen LogP contribution in [0.15, 0.2) is 54.7 Å². The molecule has 7 nitrogen and oxygen atoms in total. The van der Waals surface area contributed by atoms with Crippen LogP contribution >= 0.6 is 0 Å². The van der Waals surface area contributed by atoms with Crippen LogP contribution in [-0.2, 0) is 0 Å². The first-order valence-electron chi connectivity index (χ1n) is 10.3. The molecule has 1 atom stereocenters. The van der Waals surface area contributed by atoms with Crippen molar-refractivity contribution in [1.82, 2.24) is 19.4 Å². The van der Waals surface area contributed by atoms with Crippen molar-refractivity contribution >= 4 is 17.5 Å². The van der Waals surface area contributed by atoms with Crippen molar-refractivity contribution in [3.8, 4) is 11.3 Å². The zero-order chi connectivity index (χ0) is 22.1. The Balaban J connectivity index is 1.91. The summed E-state index contributed by atoms with van der Waals surface area (Å²) in [6.07, 6.45) is 1.66. The van der Waals surface area contributed by atoms with Gasteiger partial charge in [0.25, 0.3) is 5.91 Å². The number of primary amides is 1. The summed E-state index contributed by atoms with van der Waals surface area (Å²) in [6, 6.07) is 16.1. The number of hydrogen-bond acceptors (Lipinski definition) is 5. The smallest absolute Gasteiger partial charge is 0.268 e. The molecule has 4 rings (SSSR count). The minimum atomic E-state index is -0.563. The van der Waals surface area contributed by atoms with E-state index in [0.717, 1.165) is 28.2 Å². The van der Waals surface area contributed by atoms with E-state index in [9.17, 15) is 4.79 Å². The number of imidazole rings is 1. The second-order valence-corrected chi connectivity index (χ2v) is 7.67. The number of aromatic nitrogens is 4. The highest BCUT2D eigenvalue weighted by atomic mass is 16.1. The molecule has 0 aliphatic rings. The molecule has 0 spiro atoms. The molecule has 0 radical (unpaired) electrons. The number of nitrogens with two attached hydrogens (primary N) is 1. The van der Waals surface area contributed by atoms with Crippen LogP contribution in [0.1, 0.15) is 47.3 Å². The van der Waals surface area contributed by atoms with E-state index in [4.69, 9.17) is 10.7 Å². The summed E-state index contributed by atoms with van der Waals surface area (Å²) in [7, 11) is 0. The van der Waals surface area contributed by atoms with Gasteiger partial charge in [0.15, 0.2) is 0 Å². The summed E-state index contributed by atoms with van der Waals surface area (Å²) in [4.78, 5) is 27.9. The van der Waals surface area contributed by atoms with Gasteiger partial charge in [-0.3, -0.25) is 14.2 Å². The predicted octanol–water partition coefficient (Wildman–Crippen LogP) is 4.09. The zero-order valence-corrected chi connectivity index (χ0v) is 18.2. The van der Waals surface area contributed by atoms with E-state index in [1.54, 1.807) is 6.20 Å². The number of amides is 1. The lowest BCUT2D eigenvalue weighted by molar-refractivity contribution is 0.0996. The van der Waals surface area contributed by atoms with Gasteiger partial charge in [-0.15, -0.1) is 0 Å². The van der Waals surface area contributed by atoms with Crippen LogP contribution < -0.4 is 10.6 Å². The monoisotopic (exact) mass is 414 g/mol. The predicted molar refractivity (Wildman–Crippen MR) is 122 cm³/mol. The summed E-state index contributed by atoms with van der Waals surface area (Å²) in [6.45, 7) is 8.95. The number of fused-ring (bicyclic) bond motifs is 1. The van der Waals surface area contributed by atoms with Crippen LogP contribution in [0.3, 0.4) is 0 Å². The maximum atomic E-state index is 11.8. The molecule has 0 fully saturated rings. The van der Waals surface area contributed by atoms with Crippen LogP contribution in [0.2, 0.25) is 0 Å². The van der Waals surface area contributed by atoms with Gasteiger partial charge in [0.2, 0.25) is 5.95 Å². The van der Waals surface area contributed by atoms with E-state index in [2.05, 4.69) is 40.8 Å². The maximum absolute atomic E-state index is 11.8. The van der Waals surface area contributed by atoms with Crippen LogP contribution in [0.4, 0.5) is 5.95 Å². The molecule has 4 aromatic rings. The molecule has 3 aromatic heterocycles. The van der Waals surface area contributed by atoms with Crippen LogP contribution in [0.25, 0.3) is 16.9 Å². The fourth-order valence-electron chi connectivity index (χ4n) is 3.93. The maximum Gasteiger partial charge on any atom is 0.268 e. The molecule has 31 heavy (non-hydrogen) atoms. The molecule has 0 aliphatic heterocycles. The number of anilines is 1. The Labute approximate surface area is 181 Å². The third-order valence-electron chi connectivity index (χ3n) is 5.41. The summed E-state index contributed by atoms with van der Waals surface area (Å²) >= 11 is 0. The number of nitrogens with zero attached hydrogens (tertiary/aromatic N) is 5. The second-order valence-electron chi connectivity index (χ2n) is 7.67. The van der Waals surface area contributed by atoms with Crippen LogP contribution in [0, 0.1) is 13.8 Å². The first-order chi connectivity index (χ1) is 14.9. The summed E-state index contributed by atoms with van der Waals surface area (Å²) in [5.74, 6) is 0.144. The summed E-state index contributed by atoms with van der Waals surface area (Å²) in [5, 5.41) is 0. The average molecular weight is 415 g/mol.